The van der Waals surface area contributed by atoms with Crippen molar-refractivity contribution in [2.24, 2.45) is 4.99 Å². The number of halogens is 1. The summed E-state index contributed by atoms with van der Waals surface area (Å²) in [6, 6.07) is 10.7. The van der Waals surface area contributed by atoms with E-state index < -0.39 is 12.6 Å². The van der Waals surface area contributed by atoms with Gasteiger partial charge in [0.1, 0.15) is 0 Å². The van der Waals surface area contributed by atoms with Gasteiger partial charge in [0, 0.05) is 11.2 Å². The number of ether oxygens (including phenoxy) is 2. The molecule has 0 aliphatic carbocycles. The molecule has 0 amide bonds. The van der Waals surface area contributed by atoms with E-state index >= 15 is 0 Å². The van der Waals surface area contributed by atoms with E-state index in [-0.39, 0.29) is 0 Å². The van der Waals surface area contributed by atoms with Gasteiger partial charge in [-0.2, -0.15) is 0 Å². The summed E-state index contributed by atoms with van der Waals surface area (Å²) in [5.74, 6) is -0.180. The number of carboxylic acid groups (broad SMARTS) is 1. The lowest BCUT2D eigenvalue weighted by Gasteiger charge is -2.11. The number of aliphatic carboxylic acids is 1. The Kier molecular flexibility index (Phi) is 6.21. The average Bonchev–Trinajstić information content (AvgIpc) is 2.55. The van der Waals surface area contributed by atoms with Crippen LogP contribution in [0.5, 0.6) is 11.5 Å². The lowest BCUT2D eigenvalue weighted by molar-refractivity contribution is -0.139. The van der Waals surface area contributed by atoms with Gasteiger partial charge < -0.3 is 14.6 Å². The standard InChI is InChI=1S/C18H18ClNO4/c1-3-23-17-9-13(7-8-16(17)24-11-18(21)22)10-20-15-6-4-5-14(19)12(15)2/h4-10H,3,11H2,1-2H3,(H,21,22). The van der Waals surface area contributed by atoms with Crippen molar-refractivity contribution in [3.05, 3.63) is 52.5 Å². The molecule has 0 fully saturated rings. The van der Waals surface area contributed by atoms with Crippen molar-refractivity contribution in [3.63, 3.8) is 0 Å². The second-order valence-corrected chi connectivity index (χ2v) is 5.37. The Morgan fingerprint density at radius 2 is 2.04 bits per heavy atom. The van der Waals surface area contributed by atoms with Crippen molar-refractivity contribution in [1.29, 1.82) is 0 Å². The highest BCUT2D eigenvalue weighted by molar-refractivity contribution is 6.31. The maximum Gasteiger partial charge on any atom is 0.341 e. The Labute approximate surface area is 145 Å². The first-order valence-electron chi connectivity index (χ1n) is 7.42. The molecular formula is C18H18ClNO4. The Balaban J connectivity index is 2.24. The fourth-order valence-corrected chi connectivity index (χ4v) is 2.18. The van der Waals surface area contributed by atoms with Gasteiger partial charge >= 0.3 is 5.97 Å². The van der Waals surface area contributed by atoms with Crippen LogP contribution in [0.4, 0.5) is 5.69 Å². The second kappa shape index (κ2) is 8.36. The lowest BCUT2D eigenvalue weighted by Crippen LogP contribution is -2.10. The van der Waals surface area contributed by atoms with Gasteiger partial charge in [-0.15, -0.1) is 0 Å². The van der Waals surface area contributed by atoms with Gasteiger partial charge in [0.05, 0.1) is 12.3 Å². The zero-order chi connectivity index (χ0) is 17.5. The van der Waals surface area contributed by atoms with E-state index in [4.69, 9.17) is 26.2 Å². The number of hydrogen-bond acceptors (Lipinski definition) is 4. The summed E-state index contributed by atoms with van der Waals surface area (Å²) in [5.41, 5.74) is 2.49. The van der Waals surface area contributed by atoms with Gasteiger partial charge in [0.15, 0.2) is 18.1 Å². The molecule has 0 heterocycles. The number of rotatable bonds is 7. The van der Waals surface area contributed by atoms with E-state index in [1.165, 1.54) is 0 Å². The van der Waals surface area contributed by atoms with E-state index in [0.717, 1.165) is 16.8 Å². The third kappa shape index (κ3) is 4.73. The zero-order valence-electron chi connectivity index (χ0n) is 13.5. The molecule has 6 heteroatoms. The van der Waals surface area contributed by atoms with E-state index in [0.29, 0.717) is 23.1 Å². The first-order chi connectivity index (χ1) is 11.5. The molecule has 126 valence electrons. The van der Waals surface area contributed by atoms with Gasteiger partial charge in [-0.3, -0.25) is 4.99 Å². The van der Waals surface area contributed by atoms with Crippen LogP contribution >= 0.6 is 11.6 Å². The maximum atomic E-state index is 10.6. The summed E-state index contributed by atoms with van der Waals surface area (Å²) in [5, 5.41) is 9.38. The molecule has 2 aromatic carbocycles. The van der Waals surface area contributed by atoms with Crippen LogP contribution in [-0.2, 0) is 4.79 Å². The number of carboxylic acids is 1. The Morgan fingerprint density at radius 3 is 2.75 bits per heavy atom. The molecule has 0 radical (unpaired) electrons. The fourth-order valence-electron chi connectivity index (χ4n) is 2.01. The zero-order valence-corrected chi connectivity index (χ0v) is 14.2. The molecule has 0 unspecified atom stereocenters. The molecular weight excluding hydrogens is 330 g/mol. The van der Waals surface area contributed by atoms with Crippen molar-refractivity contribution in [2.45, 2.75) is 13.8 Å². The smallest absolute Gasteiger partial charge is 0.341 e. The van der Waals surface area contributed by atoms with Crippen LogP contribution in [0.3, 0.4) is 0 Å². The molecule has 0 bridgehead atoms. The molecule has 5 nitrogen and oxygen atoms in total. The summed E-state index contributed by atoms with van der Waals surface area (Å²) < 4.78 is 10.7. The molecule has 24 heavy (non-hydrogen) atoms. The minimum Gasteiger partial charge on any atom is -0.490 e. The average molecular weight is 348 g/mol. The monoisotopic (exact) mass is 347 g/mol. The molecule has 2 rings (SSSR count). The van der Waals surface area contributed by atoms with Gasteiger partial charge in [-0.1, -0.05) is 17.7 Å². The molecule has 0 atom stereocenters. The molecule has 2 aromatic rings. The minimum absolute atomic E-state index is 0.385. The van der Waals surface area contributed by atoms with E-state index in [1.807, 2.05) is 32.0 Å². The van der Waals surface area contributed by atoms with Crippen molar-refractivity contribution in [2.75, 3.05) is 13.2 Å². The van der Waals surface area contributed by atoms with Crippen LogP contribution in [0.15, 0.2) is 41.4 Å². The molecule has 1 N–H and O–H groups in total. The van der Waals surface area contributed by atoms with Crippen LogP contribution in [0, 0.1) is 6.92 Å². The SMILES string of the molecule is CCOc1cc(C=Nc2cccc(Cl)c2C)ccc1OCC(=O)O. The van der Waals surface area contributed by atoms with Crippen LogP contribution in [-0.4, -0.2) is 30.5 Å². The lowest BCUT2D eigenvalue weighted by atomic mass is 10.2. The third-order valence-electron chi connectivity index (χ3n) is 3.21. The fraction of sp³-hybridized carbons (Fsp3) is 0.222. The number of benzene rings is 2. The minimum atomic E-state index is -1.04. The highest BCUT2D eigenvalue weighted by Crippen LogP contribution is 2.29. The summed E-state index contributed by atoms with van der Waals surface area (Å²) >= 11 is 6.08. The normalized spacial score (nSPS) is 10.8. The molecule has 0 spiro atoms. The van der Waals surface area contributed by atoms with Crippen molar-refractivity contribution < 1.29 is 19.4 Å². The van der Waals surface area contributed by atoms with Crippen LogP contribution in [0.1, 0.15) is 18.1 Å². The molecule has 0 saturated carbocycles. The van der Waals surface area contributed by atoms with E-state index in [9.17, 15) is 4.79 Å². The highest BCUT2D eigenvalue weighted by Gasteiger charge is 2.08. The molecule has 0 aliphatic heterocycles. The quantitative estimate of drug-likeness (QED) is 0.760. The molecule has 0 saturated heterocycles. The number of hydrogen-bond donors (Lipinski definition) is 1. The van der Waals surface area contributed by atoms with E-state index in [2.05, 4.69) is 4.99 Å². The van der Waals surface area contributed by atoms with Gasteiger partial charge in [0.2, 0.25) is 0 Å². The van der Waals surface area contributed by atoms with Gasteiger partial charge in [0.25, 0.3) is 0 Å². The van der Waals surface area contributed by atoms with Crippen LogP contribution < -0.4 is 9.47 Å². The topological polar surface area (TPSA) is 68.1 Å². The van der Waals surface area contributed by atoms with Gasteiger partial charge in [-0.05, 0) is 55.3 Å². The largest absolute Gasteiger partial charge is 0.490 e. The summed E-state index contributed by atoms with van der Waals surface area (Å²) in [4.78, 5) is 15.1. The Hall–Kier alpha value is -2.53. The van der Waals surface area contributed by atoms with E-state index in [1.54, 1.807) is 24.4 Å². The predicted molar refractivity (Wildman–Crippen MR) is 94.2 cm³/mol. The summed E-state index contributed by atoms with van der Waals surface area (Å²) in [7, 11) is 0. The number of aliphatic imine (C=N–C) groups is 1. The van der Waals surface area contributed by atoms with Crippen molar-refractivity contribution in [3.8, 4) is 11.5 Å². The Bertz CT molecular complexity index is 759. The first kappa shape index (κ1) is 17.8. The number of carbonyl (C=O) groups is 1. The van der Waals surface area contributed by atoms with Crippen molar-refractivity contribution >= 4 is 29.5 Å². The van der Waals surface area contributed by atoms with Gasteiger partial charge in [-0.25, -0.2) is 4.79 Å². The summed E-state index contributed by atoms with van der Waals surface area (Å²) in [6.45, 7) is 3.77. The molecule has 0 aromatic heterocycles. The Morgan fingerprint density at radius 1 is 1.25 bits per heavy atom. The van der Waals surface area contributed by atoms with Crippen molar-refractivity contribution in [1.82, 2.24) is 0 Å². The first-order valence-corrected chi connectivity index (χ1v) is 7.79. The summed E-state index contributed by atoms with van der Waals surface area (Å²) in [6.07, 6.45) is 1.70. The second-order valence-electron chi connectivity index (χ2n) is 4.96. The maximum absolute atomic E-state index is 10.6. The predicted octanol–water partition coefficient (Wildman–Crippen LogP) is 4.26. The molecule has 0 aliphatic rings. The van der Waals surface area contributed by atoms with Crippen LogP contribution in [0.2, 0.25) is 5.02 Å². The third-order valence-corrected chi connectivity index (χ3v) is 3.62. The highest BCUT2D eigenvalue weighted by atomic mass is 35.5. The number of nitrogens with zero attached hydrogens (tertiary/aromatic N) is 1. The van der Waals surface area contributed by atoms with Crippen LogP contribution in [0.25, 0.3) is 0 Å².